The van der Waals surface area contributed by atoms with Gasteiger partial charge in [0.15, 0.2) is 6.10 Å². The third-order valence-corrected chi connectivity index (χ3v) is 1.63. The topological polar surface area (TPSA) is 92.7 Å². The maximum absolute atomic E-state index is 10.8. The molecule has 0 radical (unpaired) electrons. The average Bonchev–Trinajstić information content (AvgIpc) is 2.15. The minimum absolute atomic E-state index is 0.0701. The lowest BCUT2D eigenvalue weighted by molar-refractivity contribution is -0.162. The highest BCUT2D eigenvalue weighted by Gasteiger charge is 2.20. The molecule has 6 heteroatoms. The van der Waals surface area contributed by atoms with E-state index < -0.39 is 18.0 Å². The summed E-state index contributed by atoms with van der Waals surface area (Å²) in [6.07, 6.45) is -0.786. The third kappa shape index (κ3) is 6.48. The lowest BCUT2D eigenvalue weighted by Crippen LogP contribution is -2.32. The standard InChI is InChI=1S/C9H15NO5/c1-3-8(12)10-5-4-7(9(13)14)15-6(2)11/h7H,3-5H2,1-2H3,(H,10,12)(H,13,14). The van der Waals surface area contributed by atoms with Crippen LogP contribution in [0.25, 0.3) is 0 Å². The predicted octanol–water partition coefficient (Wildman–Crippen LogP) is -0.0810. The molecule has 6 nitrogen and oxygen atoms in total. The highest BCUT2D eigenvalue weighted by Crippen LogP contribution is 1.98. The molecule has 0 aliphatic rings. The summed E-state index contributed by atoms with van der Waals surface area (Å²) in [5.74, 6) is -2.03. The van der Waals surface area contributed by atoms with Crippen LogP contribution in [0.2, 0.25) is 0 Å². The molecule has 0 saturated carbocycles. The Kier molecular flexibility index (Phi) is 6.08. The molecule has 0 aromatic carbocycles. The van der Waals surface area contributed by atoms with Gasteiger partial charge in [-0.25, -0.2) is 4.79 Å². The molecule has 0 bridgehead atoms. The van der Waals surface area contributed by atoms with E-state index in [2.05, 4.69) is 10.1 Å². The number of aliphatic carboxylic acids is 1. The summed E-state index contributed by atoms with van der Waals surface area (Å²) in [6, 6.07) is 0. The maximum Gasteiger partial charge on any atom is 0.345 e. The fourth-order valence-electron chi connectivity index (χ4n) is 0.901. The van der Waals surface area contributed by atoms with E-state index >= 15 is 0 Å². The third-order valence-electron chi connectivity index (χ3n) is 1.63. The molecule has 1 unspecified atom stereocenters. The quantitative estimate of drug-likeness (QED) is 0.607. The molecule has 0 aromatic rings. The largest absolute Gasteiger partial charge is 0.479 e. The molecule has 0 spiro atoms. The van der Waals surface area contributed by atoms with Crippen molar-refractivity contribution in [3.63, 3.8) is 0 Å². The van der Waals surface area contributed by atoms with Gasteiger partial charge in [0.05, 0.1) is 0 Å². The van der Waals surface area contributed by atoms with Crippen LogP contribution in [0.4, 0.5) is 0 Å². The van der Waals surface area contributed by atoms with Gasteiger partial charge in [0.1, 0.15) is 0 Å². The van der Waals surface area contributed by atoms with E-state index in [1.54, 1.807) is 6.92 Å². The molecule has 1 amide bonds. The number of hydrogen-bond donors (Lipinski definition) is 2. The van der Waals surface area contributed by atoms with E-state index in [1.807, 2.05) is 0 Å². The van der Waals surface area contributed by atoms with Gasteiger partial charge < -0.3 is 15.2 Å². The minimum Gasteiger partial charge on any atom is -0.479 e. The summed E-state index contributed by atoms with van der Waals surface area (Å²) in [5, 5.41) is 11.2. The Hall–Kier alpha value is -1.59. The Morgan fingerprint density at radius 1 is 1.40 bits per heavy atom. The van der Waals surface area contributed by atoms with Crippen molar-refractivity contribution in [3.05, 3.63) is 0 Å². The van der Waals surface area contributed by atoms with Crippen molar-refractivity contribution in [1.29, 1.82) is 0 Å². The molecule has 0 rings (SSSR count). The van der Waals surface area contributed by atoms with Gasteiger partial charge in [-0.15, -0.1) is 0 Å². The van der Waals surface area contributed by atoms with Gasteiger partial charge in [-0.05, 0) is 0 Å². The molecule has 15 heavy (non-hydrogen) atoms. The molecule has 1 atom stereocenters. The average molecular weight is 217 g/mol. The lowest BCUT2D eigenvalue weighted by Gasteiger charge is -2.12. The molecular weight excluding hydrogens is 202 g/mol. The molecule has 0 fully saturated rings. The van der Waals surface area contributed by atoms with Gasteiger partial charge in [0, 0.05) is 26.3 Å². The zero-order valence-corrected chi connectivity index (χ0v) is 8.78. The van der Waals surface area contributed by atoms with E-state index in [1.165, 1.54) is 0 Å². The first kappa shape index (κ1) is 13.4. The highest BCUT2D eigenvalue weighted by atomic mass is 16.6. The Morgan fingerprint density at radius 2 is 2.00 bits per heavy atom. The number of rotatable bonds is 6. The molecule has 0 heterocycles. The van der Waals surface area contributed by atoms with Gasteiger partial charge in [-0.3, -0.25) is 9.59 Å². The number of nitrogens with one attached hydrogen (secondary N) is 1. The zero-order chi connectivity index (χ0) is 11.8. The summed E-state index contributed by atoms with van der Waals surface area (Å²) in [4.78, 5) is 31.9. The first-order valence-corrected chi connectivity index (χ1v) is 4.64. The summed E-state index contributed by atoms with van der Waals surface area (Å²) in [7, 11) is 0. The second-order valence-electron chi connectivity index (χ2n) is 2.93. The Bertz CT molecular complexity index is 251. The molecule has 0 aliphatic carbocycles. The molecule has 0 aromatic heterocycles. The first-order valence-electron chi connectivity index (χ1n) is 4.64. The van der Waals surface area contributed by atoms with Crippen LogP contribution < -0.4 is 5.32 Å². The van der Waals surface area contributed by atoms with Gasteiger partial charge in [0.2, 0.25) is 5.91 Å². The Morgan fingerprint density at radius 3 is 2.40 bits per heavy atom. The molecule has 0 aliphatic heterocycles. The van der Waals surface area contributed by atoms with Crippen LogP contribution in [0.5, 0.6) is 0 Å². The Labute approximate surface area is 87.6 Å². The molecule has 2 N–H and O–H groups in total. The van der Waals surface area contributed by atoms with Crippen molar-refractivity contribution >= 4 is 17.8 Å². The summed E-state index contributed by atoms with van der Waals surface area (Å²) in [5.41, 5.74) is 0. The van der Waals surface area contributed by atoms with Crippen molar-refractivity contribution in [2.24, 2.45) is 0 Å². The van der Waals surface area contributed by atoms with E-state index in [9.17, 15) is 14.4 Å². The number of esters is 1. The van der Waals surface area contributed by atoms with Crippen LogP contribution in [-0.2, 0) is 19.1 Å². The fourth-order valence-corrected chi connectivity index (χ4v) is 0.901. The van der Waals surface area contributed by atoms with E-state index in [4.69, 9.17) is 5.11 Å². The van der Waals surface area contributed by atoms with Gasteiger partial charge in [-0.1, -0.05) is 6.92 Å². The zero-order valence-electron chi connectivity index (χ0n) is 8.78. The first-order chi connectivity index (χ1) is 6.97. The highest BCUT2D eigenvalue weighted by molar-refractivity contribution is 5.77. The predicted molar refractivity (Wildman–Crippen MR) is 51.1 cm³/mol. The van der Waals surface area contributed by atoms with Crippen LogP contribution >= 0.6 is 0 Å². The number of amides is 1. The van der Waals surface area contributed by atoms with Crippen molar-refractivity contribution in [1.82, 2.24) is 5.32 Å². The molecular formula is C9H15NO5. The van der Waals surface area contributed by atoms with Gasteiger partial charge in [-0.2, -0.15) is 0 Å². The smallest absolute Gasteiger partial charge is 0.345 e. The monoisotopic (exact) mass is 217 g/mol. The van der Waals surface area contributed by atoms with E-state index in [0.717, 1.165) is 6.92 Å². The number of carbonyl (C=O) groups is 3. The number of carboxylic acids is 1. The number of ether oxygens (including phenoxy) is 1. The van der Waals surface area contributed by atoms with Gasteiger partial charge in [0.25, 0.3) is 0 Å². The maximum atomic E-state index is 10.8. The van der Waals surface area contributed by atoms with Crippen molar-refractivity contribution in [2.75, 3.05) is 6.54 Å². The van der Waals surface area contributed by atoms with Crippen LogP contribution in [0, 0.1) is 0 Å². The van der Waals surface area contributed by atoms with E-state index in [-0.39, 0.29) is 18.9 Å². The van der Waals surface area contributed by atoms with Crippen molar-refractivity contribution < 1.29 is 24.2 Å². The summed E-state index contributed by atoms with van der Waals surface area (Å²) in [6.45, 7) is 3.01. The second-order valence-corrected chi connectivity index (χ2v) is 2.93. The number of hydrogen-bond acceptors (Lipinski definition) is 4. The van der Waals surface area contributed by atoms with Crippen molar-refractivity contribution in [2.45, 2.75) is 32.8 Å². The number of carbonyl (C=O) groups excluding carboxylic acids is 2. The lowest BCUT2D eigenvalue weighted by atomic mass is 10.2. The second kappa shape index (κ2) is 6.80. The van der Waals surface area contributed by atoms with Crippen LogP contribution in [0.15, 0.2) is 0 Å². The van der Waals surface area contributed by atoms with Crippen LogP contribution in [0.3, 0.4) is 0 Å². The van der Waals surface area contributed by atoms with Crippen LogP contribution in [0.1, 0.15) is 26.7 Å². The minimum atomic E-state index is -1.21. The van der Waals surface area contributed by atoms with Crippen LogP contribution in [-0.4, -0.2) is 35.6 Å². The fraction of sp³-hybridized carbons (Fsp3) is 0.667. The number of carboxylic acid groups (broad SMARTS) is 1. The normalized spacial score (nSPS) is 11.6. The van der Waals surface area contributed by atoms with E-state index in [0.29, 0.717) is 6.42 Å². The van der Waals surface area contributed by atoms with Crippen molar-refractivity contribution in [3.8, 4) is 0 Å². The Balaban J connectivity index is 3.91. The SMILES string of the molecule is CCC(=O)NCCC(OC(C)=O)C(=O)O. The van der Waals surface area contributed by atoms with Gasteiger partial charge >= 0.3 is 11.9 Å². The summed E-state index contributed by atoms with van der Waals surface area (Å²) < 4.78 is 4.54. The summed E-state index contributed by atoms with van der Waals surface area (Å²) >= 11 is 0. The molecule has 0 saturated heterocycles. The molecule has 86 valence electrons.